The monoisotopic (exact) mass is 333 g/mol. The van der Waals surface area contributed by atoms with Crippen LogP contribution in [0.5, 0.6) is 0 Å². The van der Waals surface area contributed by atoms with Crippen molar-refractivity contribution in [3.8, 4) is 0 Å². The van der Waals surface area contributed by atoms with Gasteiger partial charge in [-0.2, -0.15) is 5.10 Å². The normalized spacial score (nSPS) is 26.9. The van der Waals surface area contributed by atoms with Crippen LogP contribution in [-0.2, 0) is 9.59 Å². The molecule has 0 spiro atoms. The van der Waals surface area contributed by atoms with E-state index < -0.39 is 6.04 Å². The molecule has 24 heavy (non-hydrogen) atoms. The highest BCUT2D eigenvalue weighted by Crippen LogP contribution is 2.29. The quantitative estimate of drug-likeness (QED) is 0.859. The third kappa shape index (κ3) is 3.45. The molecule has 3 rings (SSSR count). The highest BCUT2D eigenvalue weighted by Gasteiger charge is 2.36. The Labute approximate surface area is 143 Å². The predicted molar refractivity (Wildman–Crippen MR) is 90.3 cm³/mol. The molecule has 2 saturated heterocycles. The molecular weight excluding hydrogens is 306 g/mol. The number of piperidine rings is 1. The maximum atomic E-state index is 12.6. The maximum absolute atomic E-state index is 12.6. The number of fused-ring (bicyclic) bond motifs is 2. The minimum Gasteiger partial charge on any atom is -0.341 e. The predicted octanol–water partition coefficient (Wildman–Crippen LogP) is 0.644. The second kappa shape index (κ2) is 6.93. The van der Waals surface area contributed by atoms with E-state index in [2.05, 4.69) is 10.4 Å². The molecule has 7 nitrogen and oxygen atoms in total. The summed E-state index contributed by atoms with van der Waals surface area (Å²) in [5.41, 5.74) is 0. The summed E-state index contributed by atoms with van der Waals surface area (Å²) < 4.78 is 1.61. The number of carbonyl (C=O) groups excluding carboxylic acids is 2. The first-order valence-corrected chi connectivity index (χ1v) is 8.71. The largest absolute Gasteiger partial charge is 0.341 e. The van der Waals surface area contributed by atoms with Gasteiger partial charge in [0, 0.05) is 44.6 Å². The van der Waals surface area contributed by atoms with Crippen molar-refractivity contribution in [3.63, 3.8) is 0 Å². The Hall–Kier alpha value is -1.89. The number of aromatic nitrogens is 2. The number of carbonyl (C=O) groups is 2. The molecule has 2 fully saturated rings. The summed E-state index contributed by atoms with van der Waals surface area (Å²) in [4.78, 5) is 28.4. The minimum absolute atomic E-state index is 0.00446. The van der Waals surface area contributed by atoms with E-state index in [0.29, 0.717) is 12.1 Å². The van der Waals surface area contributed by atoms with Crippen LogP contribution in [0.25, 0.3) is 0 Å². The van der Waals surface area contributed by atoms with E-state index in [-0.39, 0.29) is 24.4 Å². The molecule has 0 saturated carbocycles. The fraction of sp³-hybridized carbons (Fsp3) is 0.706. The van der Waals surface area contributed by atoms with Crippen LogP contribution in [0.4, 0.5) is 0 Å². The minimum atomic E-state index is -0.405. The molecule has 2 aliphatic heterocycles. The fourth-order valence-electron chi connectivity index (χ4n) is 3.88. The first-order valence-electron chi connectivity index (χ1n) is 8.71. The van der Waals surface area contributed by atoms with Gasteiger partial charge in [0.05, 0.1) is 6.54 Å². The lowest BCUT2D eigenvalue weighted by Crippen LogP contribution is -2.51. The summed E-state index contributed by atoms with van der Waals surface area (Å²) in [5.74, 6) is -0.101. The Morgan fingerprint density at radius 1 is 1.29 bits per heavy atom. The zero-order valence-electron chi connectivity index (χ0n) is 14.7. The lowest BCUT2D eigenvalue weighted by Gasteiger charge is -2.36. The summed E-state index contributed by atoms with van der Waals surface area (Å²) >= 11 is 0. The fourth-order valence-corrected chi connectivity index (χ4v) is 3.88. The van der Waals surface area contributed by atoms with Crippen LogP contribution < -0.4 is 5.32 Å². The second-order valence-corrected chi connectivity index (χ2v) is 7.12. The zero-order chi connectivity index (χ0) is 17.3. The standard InChI is InChI=1S/C17H27N5O2/c1-12(22-8-4-7-18-22)17(24)20(2)11-16(23)21(3)15-9-13-5-6-14(10-15)19-13/h4,7-8,12-15,19H,5-6,9-11H2,1-3H3. The van der Waals surface area contributed by atoms with Crippen molar-refractivity contribution >= 4 is 11.8 Å². The van der Waals surface area contributed by atoms with E-state index in [1.807, 2.05) is 11.9 Å². The van der Waals surface area contributed by atoms with Crippen molar-refractivity contribution in [2.75, 3.05) is 20.6 Å². The number of rotatable bonds is 5. The van der Waals surface area contributed by atoms with Crippen LogP contribution in [0.15, 0.2) is 18.5 Å². The van der Waals surface area contributed by atoms with Gasteiger partial charge >= 0.3 is 0 Å². The molecule has 132 valence electrons. The third-order valence-corrected chi connectivity index (χ3v) is 5.42. The Morgan fingerprint density at radius 3 is 2.54 bits per heavy atom. The van der Waals surface area contributed by atoms with Crippen LogP contribution in [0.2, 0.25) is 0 Å². The molecular formula is C17H27N5O2. The number of hydrogen-bond acceptors (Lipinski definition) is 4. The third-order valence-electron chi connectivity index (χ3n) is 5.42. The molecule has 2 amide bonds. The molecule has 2 aliphatic rings. The van der Waals surface area contributed by atoms with E-state index in [4.69, 9.17) is 0 Å². The highest BCUT2D eigenvalue weighted by atomic mass is 16.2. The van der Waals surface area contributed by atoms with Gasteiger partial charge in [0.2, 0.25) is 11.8 Å². The summed E-state index contributed by atoms with van der Waals surface area (Å²) in [6.45, 7) is 1.91. The number of amides is 2. The number of hydrogen-bond donors (Lipinski definition) is 1. The Bertz CT molecular complexity index is 576. The van der Waals surface area contributed by atoms with Crippen LogP contribution in [0.1, 0.15) is 38.6 Å². The van der Waals surface area contributed by atoms with E-state index in [0.717, 1.165) is 12.8 Å². The van der Waals surface area contributed by atoms with Crippen LogP contribution in [0, 0.1) is 0 Å². The molecule has 7 heteroatoms. The SMILES string of the molecule is CC(C(=O)N(C)CC(=O)N(C)C1CC2CCC(C1)N2)n1cccn1. The highest BCUT2D eigenvalue weighted by molar-refractivity contribution is 5.86. The van der Waals surface area contributed by atoms with Crippen LogP contribution in [-0.4, -0.2) is 70.2 Å². The van der Waals surface area contributed by atoms with Crippen molar-refractivity contribution < 1.29 is 9.59 Å². The first-order chi connectivity index (χ1) is 11.5. The lowest BCUT2D eigenvalue weighted by atomic mass is 9.98. The molecule has 1 aromatic rings. The summed E-state index contributed by atoms with van der Waals surface area (Å²) in [7, 11) is 3.55. The van der Waals surface area contributed by atoms with Gasteiger partial charge < -0.3 is 15.1 Å². The molecule has 3 heterocycles. The zero-order valence-corrected chi connectivity index (χ0v) is 14.7. The molecule has 0 aliphatic carbocycles. The maximum Gasteiger partial charge on any atom is 0.247 e. The molecule has 1 N–H and O–H groups in total. The summed E-state index contributed by atoms with van der Waals surface area (Å²) in [5, 5.41) is 7.69. The van der Waals surface area contributed by atoms with Crippen molar-refractivity contribution in [1.82, 2.24) is 24.9 Å². The van der Waals surface area contributed by atoms with Crippen molar-refractivity contribution in [2.45, 2.75) is 56.8 Å². The molecule has 0 radical (unpaired) electrons. The number of likely N-dealkylation sites (N-methyl/N-ethyl adjacent to an activating group) is 2. The van der Waals surface area contributed by atoms with Gasteiger partial charge in [-0.3, -0.25) is 14.3 Å². The van der Waals surface area contributed by atoms with Crippen LogP contribution >= 0.6 is 0 Å². The average molecular weight is 333 g/mol. The van der Waals surface area contributed by atoms with Gasteiger partial charge in [0.1, 0.15) is 6.04 Å². The molecule has 1 aromatic heterocycles. The smallest absolute Gasteiger partial charge is 0.247 e. The Kier molecular flexibility index (Phi) is 4.89. The average Bonchev–Trinajstić information content (AvgIpc) is 3.22. The van der Waals surface area contributed by atoms with E-state index >= 15 is 0 Å². The van der Waals surface area contributed by atoms with E-state index in [1.54, 1.807) is 37.1 Å². The topological polar surface area (TPSA) is 70.5 Å². The summed E-state index contributed by atoms with van der Waals surface area (Å²) in [6.07, 6.45) is 7.86. The van der Waals surface area contributed by atoms with Gasteiger partial charge in [-0.1, -0.05) is 0 Å². The molecule has 0 aromatic carbocycles. The van der Waals surface area contributed by atoms with Gasteiger partial charge in [0.15, 0.2) is 0 Å². The van der Waals surface area contributed by atoms with Gasteiger partial charge in [0.25, 0.3) is 0 Å². The molecule has 2 bridgehead atoms. The Morgan fingerprint density at radius 2 is 1.96 bits per heavy atom. The molecule has 3 unspecified atom stereocenters. The lowest BCUT2D eigenvalue weighted by molar-refractivity contribution is -0.141. The van der Waals surface area contributed by atoms with E-state index in [9.17, 15) is 9.59 Å². The van der Waals surface area contributed by atoms with Crippen LogP contribution in [0.3, 0.4) is 0 Å². The van der Waals surface area contributed by atoms with Crippen molar-refractivity contribution in [1.29, 1.82) is 0 Å². The van der Waals surface area contributed by atoms with E-state index in [1.165, 1.54) is 17.7 Å². The van der Waals surface area contributed by atoms with Crippen molar-refractivity contribution in [2.24, 2.45) is 0 Å². The summed E-state index contributed by atoms with van der Waals surface area (Å²) in [6, 6.07) is 2.75. The molecule has 3 atom stereocenters. The first kappa shape index (κ1) is 17.0. The second-order valence-electron chi connectivity index (χ2n) is 7.12. The number of nitrogens with zero attached hydrogens (tertiary/aromatic N) is 4. The van der Waals surface area contributed by atoms with Gasteiger partial charge in [-0.25, -0.2) is 0 Å². The Balaban J connectivity index is 1.54. The van der Waals surface area contributed by atoms with Crippen molar-refractivity contribution in [3.05, 3.63) is 18.5 Å². The number of nitrogens with one attached hydrogen (secondary N) is 1. The van der Waals surface area contributed by atoms with Gasteiger partial charge in [-0.05, 0) is 38.7 Å². The van der Waals surface area contributed by atoms with Gasteiger partial charge in [-0.15, -0.1) is 0 Å².